The smallest absolute Gasteiger partial charge is 0.412 e. The molecule has 3 aromatic rings. The SMILES string of the molecule is N[C@@H]1C[C@H](NC(=O)OCc2ccccc2)[C@@H](O[C@H]2O[C@@H]3CN(C(=O)OCc4ccccc4)C(C4=CC=CCC4)O[C@H]3[C@@H](O)[C@H]2NC(=O)OCc2ccccc2)[C@H](O[C@@H]2O[C@H](CO)[C@@H](O)[C@H]2O)[C@H]1O. The van der Waals surface area contributed by atoms with Crippen LogP contribution in [0.2, 0.25) is 0 Å². The van der Waals surface area contributed by atoms with Crippen LogP contribution in [0.1, 0.15) is 36.0 Å². The number of alkyl carbamates (subject to hydrolysis) is 2. The van der Waals surface area contributed by atoms with Crippen LogP contribution in [0.4, 0.5) is 14.4 Å². The lowest BCUT2D eigenvalue weighted by Gasteiger charge is -2.52. The topological polar surface area (TPSA) is 280 Å². The van der Waals surface area contributed by atoms with Gasteiger partial charge in [-0.1, -0.05) is 109 Å². The van der Waals surface area contributed by atoms with Crippen LogP contribution >= 0.6 is 0 Å². The Balaban J connectivity index is 1.10. The molecule has 0 bridgehead atoms. The number of aliphatic hydroxyl groups is 5. The van der Waals surface area contributed by atoms with E-state index in [1.165, 1.54) is 4.90 Å². The summed E-state index contributed by atoms with van der Waals surface area (Å²) in [5.74, 6) is 0. The molecule has 4 fully saturated rings. The van der Waals surface area contributed by atoms with E-state index in [1.54, 1.807) is 48.5 Å². The minimum Gasteiger partial charge on any atom is -0.445 e. The molecule has 3 amide bonds. The second-order valence-electron chi connectivity index (χ2n) is 17.2. The van der Waals surface area contributed by atoms with Crippen molar-refractivity contribution in [2.75, 3.05) is 13.2 Å². The van der Waals surface area contributed by atoms with Gasteiger partial charge in [0.05, 0.1) is 25.3 Å². The number of nitrogens with one attached hydrogen (secondary N) is 2. The van der Waals surface area contributed by atoms with Gasteiger partial charge in [0.2, 0.25) is 0 Å². The third-order valence-corrected chi connectivity index (χ3v) is 12.5. The molecule has 8 rings (SSSR count). The molecule has 20 nitrogen and oxygen atoms in total. The number of rotatable bonds is 14. The monoisotopic (exact) mass is 946 g/mol. The van der Waals surface area contributed by atoms with E-state index in [9.17, 15) is 39.9 Å². The maximum atomic E-state index is 14.0. The van der Waals surface area contributed by atoms with Crippen molar-refractivity contribution in [3.05, 3.63) is 131 Å². The molecular formula is C48H58N4O16. The fourth-order valence-corrected chi connectivity index (χ4v) is 8.91. The molecular weight excluding hydrogens is 889 g/mol. The number of hydrogen-bond donors (Lipinski definition) is 8. The highest BCUT2D eigenvalue weighted by Crippen LogP contribution is 2.37. The number of benzene rings is 3. The number of amides is 3. The predicted octanol–water partition coefficient (Wildman–Crippen LogP) is 1.60. The van der Waals surface area contributed by atoms with Gasteiger partial charge in [0.25, 0.3) is 0 Å². The highest BCUT2D eigenvalue weighted by molar-refractivity contribution is 5.69. The summed E-state index contributed by atoms with van der Waals surface area (Å²) in [6, 6.07) is 23.1. The van der Waals surface area contributed by atoms with Crippen molar-refractivity contribution in [3.63, 3.8) is 0 Å². The van der Waals surface area contributed by atoms with Crippen molar-refractivity contribution in [2.24, 2.45) is 5.73 Å². The Kier molecular flexibility index (Phi) is 16.4. The number of fused-ring (bicyclic) bond motifs is 1. The lowest BCUT2D eigenvalue weighted by molar-refractivity contribution is -0.331. The van der Waals surface area contributed by atoms with E-state index in [1.807, 2.05) is 60.7 Å². The van der Waals surface area contributed by atoms with E-state index >= 15 is 0 Å². The van der Waals surface area contributed by atoms with E-state index in [-0.39, 0.29) is 32.8 Å². The van der Waals surface area contributed by atoms with Gasteiger partial charge in [-0.05, 0) is 41.5 Å². The van der Waals surface area contributed by atoms with Gasteiger partial charge in [0.15, 0.2) is 18.8 Å². The molecule has 15 atom stereocenters. The van der Waals surface area contributed by atoms with E-state index in [0.717, 1.165) is 11.1 Å². The van der Waals surface area contributed by atoms with Crippen LogP contribution in [0.15, 0.2) is 115 Å². The van der Waals surface area contributed by atoms with Crippen molar-refractivity contribution in [1.29, 1.82) is 0 Å². The van der Waals surface area contributed by atoms with E-state index in [4.69, 9.17) is 43.6 Å². The maximum absolute atomic E-state index is 14.0. The van der Waals surface area contributed by atoms with Crippen LogP contribution in [0.3, 0.4) is 0 Å². The Morgan fingerprint density at radius 2 is 1.28 bits per heavy atom. The molecule has 20 heteroatoms. The molecule has 3 saturated heterocycles. The molecule has 0 aromatic heterocycles. The number of carbonyl (C=O) groups is 3. The Morgan fingerprint density at radius 1 is 0.691 bits per heavy atom. The highest BCUT2D eigenvalue weighted by Gasteiger charge is 2.57. The van der Waals surface area contributed by atoms with Gasteiger partial charge >= 0.3 is 18.3 Å². The minimum atomic E-state index is -1.71. The number of aliphatic hydroxyl groups excluding tert-OH is 5. The summed E-state index contributed by atoms with van der Waals surface area (Å²) >= 11 is 0. The van der Waals surface area contributed by atoms with Gasteiger partial charge in [-0.15, -0.1) is 0 Å². The number of nitrogens with two attached hydrogens (primary N) is 1. The van der Waals surface area contributed by atoms with Crippen molar-refractivity contribution in [2.45, 2.75) is 131 Å². The zero-order valence-corrected chi connectivity index (χ0v) is 37.0. The van der Waals surface area contributed by atoms with E-state index < -0.39 is 117 Å². The van der Waals surface area contributed by atoms with Crippen molar-refractivity contribution in [1.82, 2.24) is 15.5 Å². The molecule has 9 N–H and O–H groups in total. The molecule has 1 saturated carbocycles. The Bertz CT molecular complexity index is 2190. The summed E-state index contributed by atoms with van der Waals surface area (Å²) in [5, 5.41) is 60.8. The molecule has 2 aliphatic carbocycles. The summed E-state index contributed by atoms with van der Waals surface area (Å²) in [5.41, 5.74) is 9.30. The molecule has 3 aromatic carbocycles. The second-order valence-corrected chi connectivity index (χ2v) is 17.2. The van der Waals surface area contributed by atoms with Crippen molar-refractivity contribution in [3.8, 4) is 0 Å². The first kappa shape index (κ1) is 48.9. The minimum absolute atomic E-state index is 0.0482. The average Bonchev–Trinajstić information content (AvgIpc) is 3.64. The Hall–Kier alpha value is -5.49. The number of allylic oxidation sites excluding steroid dienone is 3. The fraction of sp³-hybridized carbons (Fsp3) is 0.479. The van der Waals surface area contributed by atoms with Gasteiger partial charge in [0.1, 0.15) is 74.7 Å². The Morgan fingerprint density at radius 3 is 1.85 bits per heavy atom. The van der Waals surface area contributed by atoms with Crippen molar-refractivity contribution < 1.29 is 77.8 Å². The number of carbonyl (C=O) groups excluding carboxylic acids is 3. The first-order valence-electron chi connectivity index (χ1n) is 22.6. The molecule has 3 heterocycles. The van der Waals surface area contributed by atoms with Crippen LogP contribution < -0.4 is 16.4 Å². The lowest BCUT2D eigenvalue weighted by Crippen LogP contribution is -2.72. The fourth-order valence-electron chi connectivity index (χ4n) is 8.91. The Labute approximate surface area is 392 Å². The molecule has 0 radical (unpaired) electrons. The van der Waals surface area contributed by atoms with Gasteiger partial charge in [-0.3, -0.25) is 4.90 Å². The van der Waals surface area contributed by atoms with Crippen LogP contribution in [-0.4, -0.2) is 154 Å². The standard InChI is InChI=1S/C48H58N4O16/c49-31-21-32(50-46(58)61-24-27-13-5-1-6-14-27)40(42(36(31)54)68-45-39(57)37(55)34(23-53)65-45)67-44-35(51-47(59)62-25-28-15-7-2-8-16-28)38(56)41-33(64-44)22-52(43(66-41)30-19-11-4-12-20-30)48(60)63-26-29-17-9-3-10-18-29/h1-11,13-19,31-45,53-57H,12,20-26,49H2,(H,50,58)(H,51,59)/t31-,32+,33-,34-,35-,36+,37-,38+,39-,40-,41-,42-,43?,44-,45+/m1/s1. The maximum Gasteiger partial charge on any atom is 0.412 e. The summed E-state index contributed by atoms with van der Waals surface area (Å²) in [6.07, 6.45) is -13.4. The van der Waals surface area contributed by atoms with E-state index in [2.05, 4.69) is 10.6 Å². The summed E-state index contributed by atoms with van der Waals surface area (Å²) in [6.45, 7) is -1.18. The van der Waals surface area contributed by atoms with Crippen LogP contribution in [-0.2, 0) is 57.7 Å². The van der Waals surface area contributed by atoms with Crippen LogP contribution in [0, 0.1) is 0 Å². The van der Waals surface area contributed by atoms with Crippen LogP contribution in [0.25, 0.3) is 0 Å². The average molecular weight is 947 g/mol. The van der Waals surface area contributed by atoms with Crippen molar-refractivity contribution >= 4 is 18.3 Å². The highest BCUT2D eigenvalue weighted by atomic mass is 16.7. The third-order valence-electron chi connectivity index (χ3n) is 12.5. The van der Waals surface area contributed by atoms with E-state index in [0.29, 0.717) is 24.0 Å². The molecule has 1 unspecified atom stereocenters. The molecule has 3 aliphatic heterocycles. The quantitative estimate of drug-likeness (QED) is 0.107. The van der Waals surface area contributed by atoms with Crippen LogP contribution in [0.5, 0.6) is 0 Å². The molecule has 0 spiro atoms. The number of ether oxygens (including phenoxy) is 8. The largest absolute Gasteiger partial charge is 0.445 e. The zero-order valence-electron chi connectivity index (χ0n) is 37.0. The first-order chi connectivity index (χ1) is 33.0. The normalized spacial score (nSPS) is 33.4. The number of hydrogen-bond acceptors (Lipinski definition) is 17. The van der Waals surface area contributed by atoms with Gasteiger partial charge in [-0.25, -0.2) is 14.4 Å². The van der Waals surface area contributed by atoms with Gasteiger partial charge in [0, 0.05) is 6.04 Å². The summed E-state index contributed by atoms with van der Waals surface area (Å²) < 4.78 is 48.5. The molecule has 68 heavy (non-hydrogen) atoms. The second kappa shape index (κ2) is 22.7. The third kappa shape index (κ3) is 11.7. The first-order valence-corrected chi connectivity index (χ1v) is 22.6. The predicted molar refractivity (Wildman–Crippen MR) is 236 cm³/mol. The summed E-state index contributed by atoms with van der Waals surface area (Å²) in [4.78, 5) is 42.5. The summed E-state index contributed by atoms with van der Waals surface area (Å²) in [7, 11) is 0. The zero-order chi connectivity index (χ0) is 47.7. The molecule has 5 aliphatic rings. The lowest BCUT2D eigenvalue weighted by atomic mass is 9.83. The van der Waals surface area contributed by atoms with Gasteiger partial charge in [-0.2, -0.15) is 0 Å². The molecule has 366 valence electrons. The van der Waals surface area contributed by atoms with Gasteiger partial charge < -0.3 is 79.8 Å². The number of nitrogens with zero attached hydrogens (tertiary/aromatic N) is 1.